The Bertz CT molecular complexity index is 307. The Morgan fingerprint density at radius 2 is 1.37 bits per heavy atom. The maximum atomic E-state index is 2.63. The normalized spacial score (nSPS) is 56.1. The average Bonchev–Trinajstić information content (AvgIpc) is 2.31. The lowest BCUT2D eigenvalue weighted by Crippen LogP contribution is -2.47. The van der Waals surface area contributed by atoms with Gasteiger partial charge in [-0.2, -0.15) is 0 Å². The van der Waals surface area contributed by atoms with Gasteiger partial charge in [0.1, 0.15) is 0 Å². The van der Waals surface area contributed by atoms with E-state index in [1.807, 2.05) is 0 Å². The van der Waals surface area contributed by atoms with Crippen LogP contribution in [0.4, 0.5) is 0 Å². The first-order valence-electron chi connectivity index (χ1n) is 8.75. The summed E-state index contributed by atoms with van der Waals surface area (Å²) < 4.78 is 0. The largest absolute Gasteiger partial charge is 0.0625 e. The molecule has 0 saturated heterocycles. The molecule has 0 amide bonds. The molecule has 0 bridgehead atoms. The Labute approximate surface area is 121 Å². The van der Waals surface area contributed by atoms with Gasteiger partial charge in [-0.25, -0.2) is 0 Å². The van der Waals surface area contributed by atoms with Gasteiger partial charge in [-0.05, 0) is 72.5 Å². The lowest BCUT2D eigenvalue weighted by Gasteiger charge is -2.55. The maximum Gasteiger partial charge on any atom is -0.0266 e. The zero-order valence-electron chi connectivity index (χ0n) is 14.4. The second-order valence-electron chi connectivity index (χ2n) is 8.82. The highest BCUT2D eigenvalue weighted by atomic mass is 14.5. The first-order valence-corrected chi connectivity index (χ1v) is 8.75. The van der Waals surface area contributed by atoms with Crippen molar-refractivity contribution in [1.29, 1.82) is 0 Å². The highest BCUT2D eigenvalue weighted by Crippen LogP contribution is 2.57. The molecule has 0 heteroatoms. The molecule has 0 radical (unpaired) electrons. The molecule has 0 nitrogen and oxygen atoms in total. The fraction of sp³-hybridized carbons (Fsp3) is 1.00. The summed E-state index contributed by atoms with van der Waals surface area (Å²) in [6.07, 6.45) is 5.84. The molecule has 2 aliphatic rings. The van der Waals surface area contributed by atoms with E-state index in [1.54, 1.807) is 0 Å². The Hall–Kier alpha value is 0. The van der Waals surface area contributed by atoms with Crippen LogP contribution in [0.2, 0.25) is 0 Å². The highest BCUT2D eigenvalue weighted by Gasteiger charge is 2.48. The van der Waals surface area contributed by atoms with E-state index < -0.39 is 0 Å². The van der Waals surface area contributed by atoms with Crippen molar-refractivity contribution < 1.29 is 0 Å². The van der Waals surface area contributed by atoms with E-state index in [-0.39, 0.29) is 0 Å². The van der Waals surface area contributed by atoms with E-state index in [9.17, 15) is 0 Å². The smallest absolute Gasteiger partial charge is 0.0266 e. The monoisotopic (exact) mass is 264 g/mol. The maximum absolute atomic E-state index is 2.63. The lowest BCUT2D eigenvalue weighted by atomic mass is 9.50. The van der Waals surface area contributed by atoms with Crippen molar-refractivity contribution in [2.75, 3.05) is 0 Å². The molecule has 8 unspecified atom stereocenters. The van der Waals surface area contributed by atoms with Gasteiger partial charge in [-0.1, -0.05) is 48.5 Å². The highest BCUT2D eigenvalue weighted by molar-refractivity contribution is 4.98. The van der Waals surface area contributed by atoms with Crippen molar-refractivity contribution in [3.05, 3.63) is 0 Å². The summed E-state index contributed by atoms with van der Waals surface area (Å²) in [5, 5.41) is 0. The van der Waals surface area contributed by atoms with Crippen LogP contribution in [-0.4, -0.2) is 0 Å². The lowest BCUT2D eigenvalue weighted by molar-refractivity contribution is -0.0568. The number of rotatable bonds is 1. The van der Waals surface area contributed by atoms with Gasteiger partial charge in [0.05, 0.1) is 0 Å². The quantitative estimate of drug-likeness (QED) is 0.544. The molecule has 2 aliphatic carbocycles. The van der Waals surface area contributed by atoms with Crippen LogP contribution < -0.4 is 0 Å². The minimum atomic E-state index is 0.592. The van der Waals surface area contributed by atoms with E-state index in [2.05, 4.69) is 48.5 Å². The van der Waals surface area contributed by atoms with Crippen molar-refractivity contribution >= 4 is 0 Å². The molecule has 2 rings (SSSR count). The summed E-state index contributed by atoms with van der Waals surface area (Å²) in [7, 11) is 0. The van der Waals surface area contributed by atoms with Gasteiger partial charge >= 0.3 is 0 Å². The number of hydrogen-bond donors (Lipinski definition) is 0. The Morgan fingerprint density at radius 3 is 2.00 bits per heavy atom. The third-order valence-electron chi connectivity index (χ3n) is 7.39. The third-order valence-corrected chi connectivity index (χ3v) is 7.39. The zero-order valence-corrected chi connectivity index (χ0v) is 14.4. The Morgan fingerprint density at radius 1 is 0.737 bits per heavy atom. The molecule has 2 saturated carbocycles. The summed E-state index contributed by atoms with van der Waals surface area (Å²) in [5.41, 5.74) is 0.592. The molecule has 0 aromatic heterocycles. The minimum absolute atomic E-state index is 0.592. The molecular formula is C19H36. The molecule has 0 N–H and O–H groups in total. The minimum Gasteiger partial charge on any atom is -0.0625 e. The van der Waals surface area contributed by atoms with Gasteiger partial charge in [-0.15, -0.1) is 0 Å². The molecule has 0 spiro atoms. The first-order chi connectivity index (χ1) is 8.75. The summed E-state index contributed by atoms with van der Waals surface area (Å²) in [5.74, 6) is 6.49. The van der Waals surface area contributed by atoms with Crippen LogP contribution >= 0.6 is 0 Å². The molecule has 0 heterocycles. The van der Waals surface area contributed by atoms with Crippen molar-refractivity contribution in [1.82, 2.24) is 0 Å². The van der Waals surface area contributed by atoms with Crippen LogP contribution in [-0.2, 0) is 0 Å². The summed E-state index contributed by atoms with van der Waals surface area (Å²) in [6, 6.07) is 0. The SMILES string of the molecule is CC1CC(C)C(C)C(C2(C)CC(C)C(C)CC2C)C1. The fourth-order valence-electron chi connectivity index (χ4n) is 5.53. The van der Waals surface area contributed by atoms with Crippen LogP contribution in [0, 0.1) is 46.8 Å². The Kier molecular flexibility index (Phi) is 4.38. The van der Waals surface area contributed by atoms with E-state index in [4.69, 9.17) is 0 Å². The third kappa shape index (κ3) is 2.74. The van der Waals surface area contributed by atoms with Gasteiger partial charge in [-0.3, -0.25) is 0 Å². The van der Waals surface area contributed by atoms with Gasteiger partial charge < -0.3 is 0 Å². The molecule has 0 aliphatic heterocycles. The topological polar surface area (TPSA) is 0 Å². The first kappa shape index (κ1) is 15.4. The Balaban J connectivity index is 2.22. The molecule has 19 heavy (non-hydrogen) atoms. The second kappa shape index (κ2) is 5.41. The van der Waals surface area contributed by atoms with Crippen LogP contribution in [0.25, 0.3) is 0 Å². The van der Waals surface area contributed by atoms with Crippen molar-refractivity contribution in [2.45, 2.75) is 74.1 Å². The predicted molar refractivity (Wildman–Crippen MR) is 85.0 cm³/mol. The number of hydrogen-bond acceptors (Lipinski definition) is 0. The molecule has 2 fully saturated rings. The van der Waals surface area contributed by atoms with Gasteiger partial charge in [0, 0.05) is 0 Å². The van der Waals surface area contributed by atoms with E-state index in [0.717, 1.165) is 41.4 Å². The standard InChI is InChI=1S/C19H36/c1-12-8-14(3)17(6)18(9-12)19(7)11-15(4)13(2)10-16(19)5/h12-18H,8-11H2,1-7H3. The van der Waals surface area contributed by atoms with Crippen LogP contribution in [0.3, 0.4) is 0 Å². The van der Waals surface area contributed by atoms with E-state index >= 15 is 0 Å². The van der Waals surface area contributed by atoms with Crippen LogP contribution in [0.5, 0.6) is 0 Å². The fourth-order valence-corrected chi connectivity index (χ4v) is 5.53. The average molecular weight is 264 g/mol. The van der Waals surface area contributed by atoms with Gasteiger partial charge in [0.15, 0.2) is 0 Å². The van der Waals surface area contributed by atoms with Crippen molar-refractivity contribution in [3.63, 3.8) is 0 Å². The predicted octanol–water partition coefficient (Wildman–Crippen LogP) is 6.01. The molecule has 8 atom stereocenters. The van der Waals surface area contributed by atoms with Crippen molar-refractivity contribution in [3.8, 4) is 0 Å². The van der Waals surface area contributed by atoms with Gasteiger partial charge in [0.25, 0.3) is 0 Å². The van der Waals surface area contributed by atoms with Crippen LogP contribution in [0.15, 0.2) is 0 Å². The summed E-state index contributed by atoms with van der Waals surface area (Å²) in [4.78, 5) is 0. The van der Waals surface area contributed by atoms with E-state index in [1.165, 1.54) is 25.7 Å². The summed E-state index contributed by atoms with van der Waals surface area (Å²) >= 11 is 0. The van der Waals surface area contributed by atoms with Crippen LogP contribution in [0.1, 0.15) is 74.1 Å². The van der Waals surface area contributed by atoms with Crippen molar-refractivity contribution in [2.24, 2.45) is 46.8 Å². The molecular weight excluding hydrogens is 228 g/mol. The second-order valence-corrected chi connectivity index (χ2v) is 8.82. The molecule has 112 valence electrons. The van der Waals surface area contributed by atoms with Gasteiger partial charge in [0.2, 0.25) is 0 Å². The molecule has 0 aromatic carbocycles. The zero-order chi connectivity index (χ0) is 14.4. The van der Waals surface area contributed by atoms with E-state index in [0.29, 0.717) is 5.41 Å². The molecule has 0 aromatic rings. The summed E-state index contributed by atoms with van der Waals surface area (Å²) in [6.45, 7) is 17.7.